The molecular formula is C20H22N2O5. The summed E-state index contributed by atoms with van der Waals surface area (Å²) in [4.78, 5) is 28.9. The first-order valence-corrected chi connectivity index (χ1v) is 8.79. The minimum absolute atomic E-state index is 0.0586. The summed E-state index contributed by atoms with van der Waals surface area (Å²) in [7, 11) is 1.30. The van der Waals surface area contributed by atoms with Gasteiger partial charge in [0.2, 0.25) is 5.88 Å². The first-order valence-electron chi connectivity index (χ1n) is 8.79. The Bertz CT molecular complexity index is 775. The van der Waals surface area contributed by atoms with Gasteiger partial charge in [-0.2, -0.15) is 0 Å². The second kappa shape index (κ2) is 9.14. The highest BCUT2D eigenvalue weighted by Crippen LogP contribution is 2.16. The Morgan fingerprint density at radius 3 is 2.81 bits per heavy atom. The molecule has 1 amide bonds. The van der Waals surface area contributed by atoms with Gasteiger partial charge in [0.1, 0.15) is 12.1 Å². The molecule has 0 radical (unpaired) electrons. The lowest BCUT2D eigenvalue weighted by Gasteiger charge is -2.17. The molecule has 1 aromatic carbocycles. The Balaban J connectivity index is 1.68. The second-order valence-electron chi connectivity index (χ2n) is 6.23. The number of rotatable bonds is 7. The van der Waals surface area contributed by atoms with Crippen LogP contribution < -0.4 is 10.1 Å². The zero-order chi connectivity index (χ0) is 19.1. The summed E-state index contributed by atoms with van der Waals surface area (Å²) in [5, 5.41) is 2.73. The van der Waals surface area contributed by atoms with E-state index < -0.39 is 17.9 Å². The van der Waals surface area contributed by atoms with Crippen LogP contribution in [-0.2, 0) is 20.7 Å². The van der Waals surface area contributed by atoms with Crippen LogP contribution in [0.1, 0.15) is 22.3 Å². The number of benzene rings is 1. The SMILES string of the molecule is COC(=O)C(Cc1ccccc1)NC(=O)c1ccnc(OC2CCOC2)c1. The number of methoxy groups -OCH3 is 1. The van der Waals surface area contributed by atoms with E-state index in [0.29, 0.717) is 31.1 Å². The Kier molecular flexibility index (Phi) is 6.38. The topological polar surface area (TPSA) is 86.8 Å². The fraction of sp³-hybridized carbons (Fsp3) is 0.350. The van der Waals surface area contributed by atoms with Crippen molar-refractivity contribution in [3.05, 3.63) is 59.8 Å². The van der Waals surface area contributed by atoms with Crippen LogP contribution in [0.2, 0.25) is 0 Å². The number of esters is 1. The standard InChI is InChI=1S/C20H22N2O5/c1-25-20(24)17(11-14-5-3-2-4-6-14)22-19(23)15-7-9-21-18(12-15)27-16-8-10-26-13-16/h2-7,9,12,16-17H,8,10-11,13H2,1H3,(H,22,23). The van der Waals surface area contributed by atoms with Crippen molar-refractivity contribution in [3.8, 4) is 5.88 Å². The molecule has 1 aromatic heterocycles. The van der Waals surface area contributed by atoms with Gasteiger partial charge in [-0.3, -0.25) is 4.79 Å². The first-order chi connectivity index (χ1) is 13.2. The van der Waals surface area contributed by atoms with Gasteiger partial charge >= 0.3 is 5.97 Å². The summed E-state index contributed by atoms with van der Waals surface area (Å²) in [6.07, 6.45) is 2.58. The molecule has 2 unspecified atom stereocenters. The Labute approximate surface area is 157 Å². The Morgan fingerprint density at radius 2 is 2.11 bits per heavy atom. The third-order valence-corrected chi connectivity index (χ3v) is 4.25. The van der Waals surface area contributed by atoms with E-state index in [9.17, 15) is 9.59 Å². The van der Waals surface area contributed by atoms with Gasteiger partial charge in [-0.05, 0) is 11.6 Å². The van der Waals surface area contributed by atoms with E-state index in [1.54, 1.807) is 12.1 Å². The number of aromatic nitrogens is 1. The number of nitrogens with zero attached hydrogens (tertiary/aromatic N) is 1. The summed E-state index contributed by atoms with van der Waals surface area (Å²) >= 11 is 0. The van der Waals surface area contributed by atoms with Gasteiger partial charge < -0.3 is 19.5 Å². The maximum Gasteiger partial charge on any atom is 0.328 e. The van der Waals surface area contributed by atoms with Crippen molar-refractivity contribution in [2.75, 3.05) is 20.3 Å². The molecular weight excluding hydrogens is 348 g/mol. The van der Waals surface area contributed by atoms with Crippen molar-refractivity contribution in [2.24, 2.45) is 0 Å². The summed E-state index contributed by atoms with van der Waals surface area (Å²) in [6, 6.07) is 11.8. The van der Waals surface area contributed by atoms with E-state index in [2.05, 4.69) is 10.3 Å². The minimum atomic E-state index is -0.786. The summed E-state index contributed by atoms with van der Waals surface area (Å²) in [6.45, 7) is 1.17. The maximum absolute atomic E-state index is 12.6. The smallest absolute Gasteiger partial charge is 0.328 e. The average molecular weight is 370 g/mol. The molecule has 0 bridgehead atoms. The molecule has 0 saturated carbocycles. The molecule has 1 aliphatic rings. The van der Waals surface area contributed by atoms with Gasteiger partial charge in [0.05, 0.1) is 20.3 Å². The van der Waals surface area contributed by atoms with Crippen molar-refractivity contribution >= 4 is 11.9 Å². The molecule has 2 heterocycles. The van der Waals surface area contributed by atoms with E-state index in [1.165, 1.54) is 13.3 Å². The summed E-state index contributed by atoms with van der Waals surface area (Å²) in [5.74, 6) is -0.534. The van der Waals surface area contributed by atoms with E-state index in [0.717, 1.165) is 12.0 Å². The molecule has 0 spiro atoms. The third kappa shape index (κ3) is 5.27. The zero-order valence-electron chi connectivity index (χ0n) is 15.1. The lowest BCUT2D eigenvalue weighted by molar-refractivity contribution is -0.142. The highest BCUT2D eigenvalue weighted by Gasteiger charge is 2.23. The fourth-order valence-corrected chi connectivity index (χ4v) is 2.82. The monoisotopic (exact) mass is 370 g/mol. The molecule has 27 heavy (non-hydrogen) atoms. The number of carbonyl (C=O) groups excluding carboxylic acids is 2. The molecule has 7 heteroatoms. The lowest BCUT2D eigenvalue weighted by atomic mass is 10.1. The molecule has 1 saturated heterocycles. The number of nitrogens with one attached hydrogen (secondary N) is 1. The molecule has 3 rings (SSSR count). The molecule has 1 N–H and O–H groups in total. The van der Waals surface area contributed by atoms with Gasteiger partial charge in [0.25, 0.3) is 5.91 Å². The van der Waals surface area contributed by atoms with E-state index >= 15 is 0 Å². The Morgan fingerprint density at radius 1 is 1.30 bits per heavy atom. The molecule has 0 aliphatic carbocycles. The van der Waals surface area contributed by atoms with Gasteiger partial charge in [0, 0.05) is 30.7 Å². The number of hydrogen-bond donors (Lipinski definition) is 1. The van der Waals surface area contributed by atoms with Crippen LogP contribution in [0.5, 0.6) is 5.88 Å². The predicted octanol–water partition coefficient (Wildman–Crippen LogP) is 1.76. The van der Waals surface area contributed by atoms with Crippen LogP contribution in [0.3, 0.4) is 0 Å². The second-order valence-corrected chi connectivity index (χ2v) is 6.23. The quantitative estimate of drug-likeness (QED) is 0.748. The normalized spacial score (nSPS) is 17.1. The summed E-state index contributed by atoms with van der Waals surface area (Å²) < 4.78 is 15.8. The number of ether oxygens (including phenoxy) is 3. The summed E-state index contributed by atoms with van der Waals surface area (Å²) in [5.41, 5.74) is 1.29. The number of carbonyl (C=O) groups is 2. The molecule has 1 aliphatic heterocycles. The van der Waals surface area contributed by atoms with Gasteiger partial charge in [-0.1, -0.05) is 30.3 Å². The van der Waals surface area contributed by atoms with Crippen molar-refractivity contribution < 1.29 is 23.8 Å². The molecule has 1 fully saturated rings. The highest BCUT2D eigenvalue weighted by atomic mass is 16.5. The molecule has 2 aromatic rings. The zero-order valence-corrected chi connectivity index (χ0v) is 15.1. The van der Waals surface area contributed by atoms with Crippen molar-refractivity contribution in [1.82, 2.24) is 10.3 Å². The van der Waals surface area contributed by atoms with Crippen LogP contribution >= 0.6 is 0 Å². The van der Waals surface area contributed by atoms with Gasteiger partial charge in [-0.15, -0.1) is 0 Å². The van der Waals surface area contributed by atoms with E-state index in [1.807, 2.05) is 30.3 Å². The largest absolute Gasteiger partial charge is 0.472 e. The number of pyridine rings is 1. The Hall–Kier alpha value is -2.93. The van der Waals surface area contributed by atoms with E-state index in [4.69, 9.17) is 14.2 Å². The van der Waals surface area contributed by atoms with Crippen LogP contribution in [0.15, 0.2) is 48.7 Å². The maximum atomic E-state index is 12.6. The third-order valence-electron chi connectivity index (χ3n) is 4.25. The predicted molar refractivity (Wildman–Crippen MR) is 97.5 cm³/mol. The molecule has 2 atom stereocenters. The van der Waals surface area contributed by atoms with E-state index in [-0.39, 0.29) is 6.10 Å². The van der Waals surface area contributed by atoms with Crippen LogP contribution in [0, 0.1) is 0 Å². The van der Waals surface area contributed by atoms with Gasteiger partial charge in [-0.25, -0.2) is 9.78 Å². The molecule has 7 nitrogen and oxygen atoms in total. The number of hydrogen-bond acceptors (Lipinski definition) is 6. The van der Waals surface area contributed by atoms with Crippen molar-refractivity contribution in [3.63, 3.8) is 0 Å². The lowest BCUT2D eigenvalue weighted by Crippen LogP contribution is -2.43. The highest BCUT2D eigenvalue weighted by molar-refractivity contribution is 5.97. The van der Waals surface area contributed by atoms with Crippen molar-refractivity contribution in [2.45, 2.75) is 25.0 Å². The van der Waals surface area contributed by atoms with Gasteiger partial charge in [0.15, 0.2) is 0 Å². The van der Waals surface area contributed by atoms with Crippen LogP contribution in [-0.4, -0.2) is 49.3 Å². The fourth-order valence-electron chi connectivity index (χ4n) is 2.82. The molecule has 142 valence electrons. The first kappa shape index (κ1) is 18.8. The van der Waals surface area contributed by atoms with Crippen LogP contribution in [0.25, 0.3) is 0 Å². The van der Waals surface area contributed by atoms with Crippen LogP contribution in [0.4, 0.5) is 0 Å². The number of amides is 1. The van der Waals surface area contributed by atoms with Crippen molar-refractivity contribution in [1.29, 1.82) is 0 Å². The average Bonchev–Trinajstić information content (AvgIpc) is 3.21. The minimum Gasteiger partial charge on any atom is -0.472 e.